The summed E-state index contributed by atoms with van der Waals surface area (Å²) < 4.78 is 4.98. The Kier molecular flexibility index (Phi) is 9.40. The second-order valence-corrected chi connectivity index (χ2v) is 4.04. The number of unbranched alkanes of at least 4 members (excludes halogenated alkanes) is 1. The second-order valence-electron chi connectivity index (χ2n) is 4.04. The van der Waals surface area contributed by atoms with E-state index in [-0.39, 0.29) is 13.0 Å². The maximum absolute atomic E-state index is 12.0. The summed E-state index contributed by atoms with van der Waals surface area (Å²) in [6, 6.07) is 0. The predicted molar refractivity (Wildman–Crippen MR) is 73.7 cm³/mol. The second kappa shape index (κ2) is 10.6. The van der Waals surface area contributed by atoms with Crippen LogP contribution in [0, 0.1) is 0 Å². The van der Waals surface area contributed by atoms with Crippen LogP contribution in [0.15, 0.2) is 35.3 Å². The van der Waals surface area contributed by atoms with Crippen molar-refractivity contribution in [2.75, 3.05) is 13.2 Å². The Morgan fingerprint density at radius 1 is 1.20 bits per heavy atom. The molecule has 0 aromatic rings. The van der Waals surface area contributed by atoms with Crippen LogP contribution in [-0.4, -0.2) is 36.8 Å². The van der Waals surface area contributed by atoms with Gasteiger partial charge in [0.05, 0.1) is 6.54 Å². The Hall–Kier alpha value is -2.29. The minimum absolute atomic E-state index is 0.0432. The van der Waals surface area contributed by atoms with Crippen LogP contribution in [0.25, 0.3) is 0 Å². The van der Waals surface area contributed by atoms with E-state index in [0.29, 0.717) is 25.8 Å². The molecule has 0 saturated carbocycles. The van der Waals surface area contributed by atoms with E-state index in [1.807, 2.05) is 0 Å². The lowest BCUT2D eigenvalue weighted by Gasteiger charge is -2.24. The molecule has 0 spiro atoms. The van der Waals surface area contributed by atoms with Crippen LogP contribution >= 0.6 is 0 Å². The number of hydrogen-bond donors (Lipinski definition) is 0. The minimum Gasteiger partial charge on any atom is -0.460 e. The molecular weight excluding hydrogens is 260 g/mol. The van der Waals surface area contributed by atoms with E-state index in [2.05, 4.69) is 23.1 Å². The van der Waals surface area contributed by atoms with E-state index in [0.717, 1.165) is 0 Å². The van der Waals surface area contributed by atoms with Crippen molar-refractivity contribution in [3.63, 3.8) is 0 Å². The molecule has 0 rings (SSSR count). The van der Waals surface area contributed by atoms with Crippen LogP contribution in [0.5, 0.6) is 0 Å². The maximum atomic E-state index is 12.0. The lowest BCUT2D eigenvalue weighted by molar-refractivity contribution is -0.149. The van der Waals surface area contributed by atoms with Crippen molar-refractivity contribution < 1.29 is 19.1 Å². The van der Waals surface area contributed by atoms with Gasteiger partial charge in [-0.2, -0.15) is 4.99 Å². The number of ether oxygens (including phenoxy) is 1. The number of rotatable bonds is 11. The summed E-state index contributed by atoms with van der Waals surface area (Å²) in [5, 5.41) is 0. The molecule has 1 unspecified atom stereocenters. The molecule has 0 amide bonds. The summed E-state index contributed by atoms with van der Waals surface area (Å²) in [6.07, 6.45) is 7.38. The molecule has 6 heteroatoms. The SMILES string of the molecule is C=CCOC(=O)C(CC=C)(CCCCN=C=O)N=C=O. The van der Waals surface area contributed by atoms with E-state index in [1.165, 1.54) is 24.3 Å². The van der Waals surface area contributed by atoms with Gasteiger partial charge in [0, 0.05) is 6.42 Å². The normalized spacial score (nSPS) is 12.2. The van der Waals surface area contributed by atoms with E-state index in [4.69, 9.17) is 4.74 Å². The highest BCUT2D eigenvalue weighted by Gasteiger charge is 2.38. The number of nitrogens with zero attached hydrogens (tertiary/aromatic N) is 2. The molecule has 0 aromatic carbocycles. The summed E-state index contributed by atoms with van der Waals surface area (Å²) in [4.78, 5) is 39.6. The van der Waals surface area contributed by atoms with Crippen LogP contribution < -0.4 is 0 Å². The third kappa shape index (κ3) is 6.05. The zero-order chi connectivity index (χ0) is 15.3. The molecule has 0 radical (unpaired) electrons. The fourth-order valence-electron chi connectivity index (χ4n) is 1.68. The van der Waals surface area contributed by atoms with Gasteiger partial charge in [-0.1, -0.05) is 18.7 Å². The van der Waals surface area contributed by atoms with Gasteiger partial charge in [0.1, 0.15) is 6.61 Å². The molecule has 0 aliphatic rings. The third-order valence-electron chi connectivity index (χ3n) is 2.63. The van der Waals surface area contributed by atoms with Gasteiger partial charge in [-0.05, 0) is 19.3 Å². The number of esters is 1. The van der Waals surface area contributed by atoms with Gasteiger partial charge in [-0.25, -0.2) is 19.4 Å². The minimum atomic E-state index is -1.31. The van der Waals surface area contributed by atoms with Crippen molar-refractivity contribution in [1.82, 2.24) is 0 Å². The molecule has 20 heavy (non-hydrogen) atoms. The Labute approximate surface area is 117 Å². The number of isocyanates is 2. The molecule has 0 aliphatic heterocycles. The van der Waals surface area contributed by atoms with Crippen molar-refractivity contribution >= 4 is 18.1 Å². The Morgan fingerprint density at radius 2 is 1.95 bits per heavy atom. The van der Waals surface area contributed by atoms with Crippen LogP contribution in [-0.2, 0) is 19.1 Å². The van der Waals surface area contributed by atoms with Gasteiger partial charge in [0.15, 0.2) is 5.54 Å². The quantitative estimate of drug-likeness (QED) is 0.190. The molecule has 0 heterocycles. The Balaban J connectivity index is 4.85. The lowest BCUT2D eigenvalue weighted by Crippen LogP contribution is -2.38. The highest BCUT2D eigenvalue weighted by molar-refractivity contribution is 5.82. The lowest BCUT2D eigenvalue weighted by atomic mass is 9.89. The first kappa shape index (κ1) is 17.7. The molecule has 0 N–H and O–H groups in total. The van der Waals surface area contributed by atoms with E-state index >= 15 is 0 Å². The first-order valence-electron chi connectivity index (χ1n) is 6.18. The van der Waals surface area contributed by atoms with Gasteiger partial charge in [0.25, 0.3) is 0 Å². The number of aliphatic imine (C=N–C) groups is 2. The van der Waals surface area contributed by atoms with Crippen LogP contribution in [0.2, 0.25) is 0 Å². The summed E-state index contributed by atoms with van der Waals surface area (Å²) >= 11 is 0. The van der Waals surface area contributed by atoms with Crippen molar-refractivity contribution in [1.29, 1.82) is 0 Å². The van der Waals surface area contributed by atoms with Crippen LogP contribution in [0.3, 0.4) is 0 Å². The zero-order valence-electron chi connectivity index (χ0n) is 11.3. The average molecular weight is 278 g/mol. The van der Waals surface area contributed by atoms with Crippen molar-refractivity contribution in [3.8, 4) is 0 Å². The first-order valence-corrected chi connectivity index (χ1v) is 6.18. The third-order valence-corrected chi connectivity index (χ3v) is 2.63. The molecule has 1 atom stereocenters. The highest BCUT2D eigenvalue weighted by Crippen LogP contribution is 2.26. The monoisotopic (exact) mass is 278 g/mol. The average Bonchev–Trinajstić information content (AvgIpc) is 2.44. The summed E-state index contributed by atoms with van der Waals surface area (Å²) in [6.45, 7) is 7.37. The fourth-order valence-corrected chi connectivity index (χ4v) is 1.68. The fraction of sp³-hybridized carbons (Fsp3) is 0.500. The standard InChI is InChI=1S/C14H18N2O4/c1-3-7-14(16-12-18,13(19)20-10-4-2)8-5-6-9-15-11-17/h3-4H,1-2,5-10H2. The van der Waals surface area contributed by atoms with E-state index in [1.54, 1.807) is 0 Å². The van der Waals surface area contributed by atoms with Crippen molar-refractivity contribution in [3.05, 3.63) is 25.3 Å². The Morgan fingerprint density at radius 3 is 2.50 bits per heavy atom. The molecule has 0 aromatic heterocycles. The number of carbonyl (C=O) groups is 1. The molecule has 6 nitrogen and oxygen atoms in total. The van der Waals surface area contributed by atoms with Gasteiger partial charge >= 0.3 is 5.97 Å². The summed E-state index contributed by atoms with van der Waals surface area (Å²) in [5.74, 6) is -0.612. The van der Waals surface area contributed by atoms with Gasteiger partial charge in [-0.15, -0.1) is 6.58 Å². The summed E-state index contributed by atoms with van der Waals surface area (Å²) in [5.41, 5.74) is -1.31. The number of carbonyl (C=O) groups excluding carboxylic acids is 3. The summed E-state index contributed by atoms with van der Waals surface area (Å²) in [7, 11) is 0. The zero-order valence-corrected chi connectivity index (χ0v) is 11.3. The molecule has 0 bridgehead atoms. The smallest absolute Gasteiger partial charge is 0.335 e. The highest BCUT2D eigenvalue weighted by atomic mass is 16.5. The predicted octanol–water partition coefficient (Wildman–Crippen LogP) is 1.87. The maximum Gasteiger partial charge on any atom is 0.335 e. The van der Waals surface area contributed by atoms with Gasteiger partial charge < -0.3 is 4.74 Å². The Bertz CT molecular complexity index is 434. The van der Waals surface area contributed by atoms with E-state index < -0.39 is 11.5 Å². The molecule has 0 saturated heterocycles. The van der Waals surface area contributed by atoms with Gasteiger partial charge in [0.2, 0.25) is 12.2 Å². The van der Waals surface area contributed by atoms with Crippen LogP contribution in [0.4, 0.5) is 0 Å². The van der Waals surface area contributed by atoms with E-state index in [9.17, 15) is 14.4 Å². The first-order chi connectivity index (χ1) is 9.66. The number of hydrogen-bond acceptors (Lipinski definition) is 6. The van der Waals surface area contributed by atoms with Crippen LogP contribution in [0.1, 0.15) is 25.7 Å². The molecule has 0 fully saturated rings. The van der Waals surface area contributed by atoms with Crippen molar-refractivity contribution in [2.24, 2.45) is 9.98 Å². The molecular formula is C14H18N2O4. The topological polar surface area (TPSA) is 85.2 Å². The van der Waals surface area contributed by atoms with Crippen molar-refractivity contribution in [2.45, 2.75) is 31.2 Å². The largest absolute Gasteiger partial charge is 0.460 e. The molecule has 108 valence electrons. The van der Waals surface area contributed by atoms with Gasteiger partial charge in [-0.3, -0.25) is 0 Å². The molecule has 0 aliphatic carbocycles.